The molecule has 0 bridgehead atoms. The SMILES string of the molecule is O=C(O)CNc1cccc(C(=O)N(Cc2ccccn2)C[C@@H]2CCCO2)c1. The Labute approximate surface area is 158 Å². The summed E-state index contributed by atoms with van der Waals surface area (Å²) in [6.07, 6.45) is 3.68. The molecule has 0 spiro atoms. The number of nitrogens with one attached hydrogen (secondary N) is 1. The lowest BCUT2D eigenvalue weighted by Crippen LogP contribution is -2.37. The van der Waals surface area contributed by atoms with E-state index in [0.717, 1.165) is 25.1 Å². The van der Waals surface area contributed by atoms with Crippen molar-refractivity contribution < 1.29 is 19.4 Å². The van der Waals surface area contributed by atoms with Crippen LogP contribution in [0.15, 0.2) is 48.7 Å². The minimum absolute atomic E-state index is 0.0333. The molecular weight excluding hydrogens is 346 g/mol. The summed E-state index contributed by atoms with van der Waals surface area (Å²) in [5.74, 6) is -1.09. The van der Waals surface area contributed by atoms with Crippen LogP contribution < -0.4 is 5.32 Å². The highest BCUT2D eigenvalue weighted by Gasteiger charge is 2.24. The van der Waals surface area contributed by atoms with Crippen LogP contribution in [0.1, 0.15) is 28.9 Å². The summed E-state index contributed by atoms with van der Waals surface area (Å²) in [5.41, 5.74) is 1.90. The van der Waals surface area contributed by atoms with Crippen LogP contribution in [0.3, 0.4) is 0 Å². The minimum Gasteiger partial charge on any atom is -0.480 e. The number of rotatable bonds is 8. The van der Waals surface area contributed by atoms with Gasteiger partial charge in [-0.15, -0.1) is 0 Å². The van der Waals surface area contributed by atoms with E-state index in [-0.39, 0.29) is 18.6 Å². The van der Waals surface area contributed by atoms with E-state index >= 15 is 0 Å². The van der Waals surface area contributed by atoms with Gasteiger partial charge >= 0.3 is 5.97 Å². The number of pyridine rings is 1. The van der Waals surface area contributed by atoms with E-state index in [2.05, 4.69) is 10.3 Å². The molecule has 2 aromatic rings. The zero-order valence-corrected chi connectivity index (χ0v) is 15.0. The smallest absolute Gasteiger partial charge is 0.322 e. The predicted molar refractivity (Wildman–Crippen MR) is 101 cm³/mol. The van der Waals surface area contributed by atoms with Gasteiger partial charge in [-0.2, -0.15) is 0 Å². The quantitative estimate of drug-likeness (QED) is 0.742. The van der Waals surface area contributed by atoms with Crippen molar-refractivity contribution in [1.82, 2.24) is 9.88 Å². The highest BCUT2D eigenvalue weighted by Crippen LogP contribution is 2.18. The van der Waals surface area contributed by atoms with Crippen molar-refractivity contribution in [1.29, 1.82) is 0 Å². The number of amides is 1. The number of hydrogen-bond donors (Lipinski definition) is 2. The van der Waals surface area contributed by atoms with Gasteiger partial charge in [-0.05, 0) is 43.2 Å². The maximum atomic E-state index is 13.1. The van der Waals surface area contributed by atoms with Crippen LogP contribution in [-0.2, 0) is 16.1 Å². The second kappa shape index (κ2) is 9.14. The number of hydrogen-bond acceptors (Lipinski definition) is 5. The summed E-state index contributed by atoms with van der Waals surface area (Å²) in [6.45, 7) is 1.42. The number of aliphatic carboxylic acids is 1. The first kappa shape index (κ1) is 18.8. The Bertz CT molecular complexity index is 776. The summed E-state index contributed by atoms with van der Waals surface area (Å²) in [7, 11) is 0. The van der Waals surface area contributed by atoms with Crippen molar-refractivity contribution in [2.45, 2.75) is 25.5 Å². The summed E-state index contributed by atoms with van der Waals surface area (Å²) in [4.78, 5) is 29.9. The molecule has 1 fully saturated rings. The third-order valence-corrected chi connectivity index (χ3v) is 4.37. The maximum absolute atomic E-state index is 13.1. The van der Waals surface area contributed by atoms with E-state index in [9.17, 15) is 9.59 Å². The topological polar surface area (TPSA) is 91.8 Å². The fraction of sp³-hybridized carbons (Fsp3) is 0.350. The van der Waals surface area contributed by atoms with Crippen molar-refractivity contribution in [2.24, 2.45) is 0 Å². The van der Waals surface area contributed by atoms with E-state index in [0.29, 0.717) is 24.3 Å². The number of benzene rings is 1. The molecule has 1 aliphatic heterocycles. The number of carbonyl (C=O) groups excluding carboxylic acids is 1. The van der Waals surface area contributed by atoms with Gasteiger partial charge in [0.25, 0.3) is 5.91 Å². The number of nitrogens with zero attached hydrogens (tertiary/aromatic N) is 2. The Morgan fingerprint density at radius 1 is 1.26 bits per heavy atom. The second-order valence-corrected chi connectivity index (χ2v) is 6.47. The van der Waals surface area contributed by atoms with E-state index in [1.807, 2.05) is 18.2 Å². The zero-order valence-electron chi connectivity index (χ0n) is 15.0. The molecule has 3 rings (SSSR count). The van der Waals surface area contributed by atoms with Crippen molar-refractivity contribution in [3.8, 4) is 0 Å². The van der Waals surface area contributed by atoms with E-state index in [4.69, 9.17) is 9.84 Å². The molecule has 0 radical (unpaired) electrons. The molecule has 2 heterocycles. The van der Waals surface area contributed by atoms with Crippen LogP contribution in [0, 0.1) is 0 Å². The monoisotopic (exact) mass is 369 g/mol. The number of ether oxygens (including phenoxy) is 1. The molecule has 1 saturated heterocycles. The molecule has 0 unspecified atom stereocenters. The molecule has 1 amide bonds. The fourth-order valence-corrected chi connectivity index (χ4v) is 3.06. The van der Waals surface area contributed by atoms with Gasteiger partial charge in [-0.1, -0.05) is 12.1 Å². The molecule has 0 saturated carbocycles. The van der Waals surface area contributed by atoms with E-state index in [1.165, 1.54) is 0 Å². The number of anilines is 1. The van der Waals surface area contributed by atoms with Gasteiger partial charge < -0.3 is 20.1 Å². The van der Waals surface area contributed by atoms with Gasteiger partial charge in [0.05, 0.1) is 18.3 Å². The van der Waals surface area contributed by atoms with Gasteiger partial charge in [0, 0.05) is 30.6 Å². The Morgan fingerprint density at radius 3 is 2.85 bits per heavy atom. The summed E-state index contributed by atoms with van der Waals surface area (Å²) in [6, 6.07) is 12.5. The third-order valence-electron chi connectivity index (χ3n) is 4.37. The normalized spacial score (nSPS) is 16.1. The van der Waals surface area contributed by atoms with Crippen molar-refractivity contribution in [3.05, 3.63) is 59.9 Å². The second-order valence-electron chi connectivity index (χ2n) is 6.47. The third kappa shape index (κ3) is 5.52. The van der Waals surface area contributed by atoms with Gasteiger partial charge in [0.1, 0.15) is 6.54 Å². The van der Waals surface area contributed by atoms with Gasteiger partial charge in [-0.25, -0.2) is 0 Å². The highest BCUT2D eigenvalue weighted by molar-refractivity contribution is 5.95. The van der Waals surface area contributed by atoms with Crippen LogP contribution in [0.5, 0.6) is 0 Å². The van der Waals surface area contributed by atoms with Gasteiger partial charge in [0.15, 0.2) is 0 Å². The van der Waals surface area contributed by atoms with Crippen LogP contribution >= 0.6 is 0 Å². The minimum atomic E-state index is -0.957. The lowest BCUT2D eigenvalue weighted by molar-refractivity contribution is -0.134. The molecule has 1 aromatic carbocycles. The molecular formula is C20H23N3O4. The number of carboxylic acids is 1. The van der Waals surface area contributed by atoms with E-state index < -0.39 is 5.97 Å². The maximum Gasteiger partial charge on any atom is 0.322 e. The zero-order chi connectivity index (χ0) is 19.1. The molecule has 27 heavy (non-hydrogen) atoms. The van der Waals surface area contributed by atoms with Crippen LogP contribution in [0.4, 0.5) is 5.69 Å². The molecule has 142 valence electrons. The van der Waals surface area contributed by atoms with Crippen molar-refractivity contribution in [3.63, 3.8) is 0 Å². The van der Waals surface area contributed by atoms with Crippen LogP contribution in [0.25, 0.3) is 0 Å². The number of carboxylic acid groups (broad SMARTS) is 1. The predicted octanol–water partition coefficient (Wildman–Crippen LogP) is 2.40. The fourth-order valence-electron chi connectivity index (χ4n) is 3.06. The Morgan fingerprint density at radius 2 is 2.15 bits per heavy atom. The Balaban J connectivity index is 1.76. The Kier molecular flexibility index (Phi) is 6.38. The molecule has 7 heteroatoms. The first-order valence-corrected chi connectivity index (χ1v) is 8.98. The highest BCUT2D eigenvalue weighted by atomic mass is 16.5. The number of aromatic nitrogens is 1. The van der Waals surface area contributed by atoms with Gasteiger partial charge in [-0.3, -0.25) is 14.6 Å². The van der Waals surface area contributed by atoms with Crippen molar-refractivity contribution >= 4 is 17.6 Å². The molecule has 1 atom stereocenters. The van der Waals surface area contributed by atoms with Gasteiger partial charge in [0.2, 0.25) is 0 Å². The molecule has 0 aliphatic carbocycles. The summed E-state index contributed by atoms with van der Waals surface area (Å²) >= 11 is 0. The van der Waals surface area contributed by atoms with Crippen LogP contribution in [0.2, 0.25) is 0 Å². The lowest BCUT2D eigenvalue weighted by atomic mass is 10.1. The summed E-state index contributed by atoms with van der Waals surface area (Å²) < 4.78 is 5.70. The van der Waals surface area contributed by atoms with E-state index in [1.54, 1.807) is 35.4 Å². The van der Waals surface area contributed by atoms with Crippen molar-refractivity contribution in [2.75, 3.05) is 25.0 Å². The van der Waals surface area contributed by atoms with Crippen LogP contribution in [-0.4, -0.2) is 52.7 Å². The largest absolute Gasteiger partial charge is 0.480 e. The average molecular weight is 369 g/mol. The molecule has 1 aromatic heterocycles. The molecule has 2 N–H and O–H groups in total. The first-order valence-electron chi connectivity index (χ1n) is 8.98. The summed E-state index contributed by atoms with van der Waals surface area (Å²) in [5, 5.41) is 11.6. The Hall–Kier alpha value is -2.93. The molecule has 7 nitrogen and oxygen atoms in total. The molecule has 1 aliphatic rings. The number of carbonyl (C=O) groups is 2. The standard InChI is InChI=1S/C20H23N3O4/c24-19(25)12-22-16-7-3-5-15(11-16)20(26)23(14-18-8-4-10-27-18)13-17-6-1-2-9-21-17/h1-3,5-7,9,11,18,22H,4,8,10,12-14H2,(H,24,25)/t18-/m0/s1. The lowest BCUT2D eigenvalue weighted by Gasteiger charge is -2.25. The average Bonchev–Trinajstić information content (AvgIpc) is 3.19. The first-order chi connectivity index (χ1) is 13.1.